The molecule has 7 nitrogen and oxygen atoms in total. The van der Waals surface area contributed by atoms with Crippen LogP contribution in [-0.2, 0) is 25.4 Å². The van der Waals surface area contributed by atoms with Crippen molar-refractivity contribution >= 4 is 16.9 Å². The van der Waals surface area contributed by atoms with E-state index < -0.39 is 0 Å². The normalized spacial score (nSPS) is 17.9. The summed E-state index contributed by atoms with van der Waals surface area (Å²) in [5.74, 6) is 0.0757. The summed E-state index contributed by atoms with van der Waals surface area (Å²) in [6, 6.07) is 10.5. The predicted octanol–water partition coefficient (Wildman–Crippen LogP) is 4.62. The second kappa shape index (κ2) is 10.6. The Kier molecular flexibility index (Phi) is 7.69. The summed E-state index contributed by atoms with van der Waals surface area (Å²) >= 11 is 0. The molecule has 2 aromatic heterocycles. The van der Waals surface area contributed by atoms with Crippen LogP contribution in [0.1, 0.15) is 75.7 Å². The SMILES string of the molecule is Cc1cc2c(cc1CN1CCCC[C@H]1C[C@@H](NC(=O)CC(C)(C)C)c1ccccn1)n(C)c(=O)n2C. The molecule has 0 radical (unpaired) electrons. The fourth-order valence-corrected chi connectivity index (χ4v) is 5.45. The molecule has 36 heavy (non-hydrogen) atoms. The van der Waals surface area contributed by atoms with Crippen molar-refractivity contribution in [1.29, 1.82) is 0 Å². The molecule has 3 aromatic rings. The van der Waals surface area contributed by atoms with Crippen molar-refractivity contribution in [2.24, 2.45) is 19.5 Å². The summed E-state index contributed by atoms with van der Waals surface area (Å²) < 4.78 is 3.45. The van der Waals surface area contributed by atoms with E-state index in [0.717, 1.165) is 42.7 Å². The number of likely N-dealkylation sites (tertiary alicyclic amines) is 1. The van der Waals surface area contributed by atoms with E-state index in [1.54, 1.807) is 15.3 Å². The molecule has 1 aliphatic heterocycles. The number of benzene rings is 1. The second-order valence-electron chi connectivity index (χ2n) is 11.6. The van der Waals surface area contributed by atoms with Gasteiger partial charge in [0, 0.05) is 39.3 Å². The number of carbonyl (C=O) groups excluding carboxylic acids is 1. The van der Waals surface area contributed by atoms with Crippen LogP contribution < -0.4 is 11.0 Å². The molecule has 1 N–H and O–H groups in total. The number of nitrogens with one attached hydrogen (secondary N) is 1. The Morgan fingerprint density at radius 2 is 1.86 bits per heavy atom. The van der Waals surface area contributed by atoms with Gasteiger partial charge in [-0.05, 0) is 73.5 Å². The summed E-state index contributed by atoms with van der Waals surface area (Å²) in [7, 11) is 3.67. The Hall–Kier alpha value is -2.93. The minimum Gasteiger partial charge on any atom is -0.348 e. The Balaban J connectivity index is 1.57. The highest BCUT2D eigenvalue weighted by Crippen LogP contribution is 2.30. The maximum Gasteiger partial charge on any atom is 0.328 e. The zero-order chi connectivity index (χ0) is 26.0. The Morgan fingerprint density at radius 3 is 2.53 bits per heavy atom. The van der Waals surface area contributed by atoms with Crippen LogP contribution in [0.4, 0.5) is 0 Å². The first kappa shape index (κ1) is 26.1. The largest absolute Gasteiger partial charge is 0.348 e. The van der Waals surface area contributed by atoms with E-state index in [2.05, 4.69) is 55.0 Å². The summed E-state index contributed by atoms with van der Waals surface area (Å²) in [5, 5.41) is 3.30. The first-order valence-corrected chi connectivity index (χ1v) is 13.1. The van der Waals surface area contributed by atoms with Crippen molar-refractivity contribution in [2.45, 2.75) is 78.4 Å². The van der Waals surface area contributed by atoms with Crippen LogP contribution in [0, 0.1) is 12.3 Å². The van der Waals surface area contributed by atoms with E-state index in [-0.39, 0.29) is 23.1 Å². The van der Waals surface area contributed by atoms with Crippen LogP contribution >= 0.6 is 0 Å². The standard InChI is InChI=1S/C29H41N5O2/c1-20-15-25-26(33(6)28(36)32(25)5)16-21(20)19-34-14-10-8-11-22(34)17-24(23-12-7-9-13-30-23)31-27(35)18-29(2,3)4/h7,9,12-13,15-16,22,24H,8,10-11,14,17-19H2,1-6H3,(H,31,35)/t22-,24+/m0/s1. The van der Waals surface area contributed by atoms with Gasteiger partial charge in [0.2, 0.25) is 5.91 Å². The lowest BCUT2D eigenvalue weighted by atomic mass is 9.90. The number of hydrogen-bond donors (Lipinski definition) is 1. The van der Waals surface area contributed by atoms with Crippen LogP contribution in [0.3, 0.4) is 0 Å². The summed E-state index contributed by atoms with van der Waals surface area (Å²) in [6.07, 6.45) is 6.59. The molecular formula is C29H41N5O2. The number of imidazole rings is 1. The van der Waals surface area contributed by atoms with Gasteiger partial charge in [-0.3, -0.25) is 23.8 Å². The minimum absolute atomic E-state index is 0.00148. The number of fused-ring (bicyclic) bond motifs is 1. The van der Waals surface area contributed by atoms with E-state index in [9.17, 15) is 9.59 Å². The van der Waals surface area contributed by atoms with Crippen LogP contribution in [0.2, 0.25) is 0 Å². The highest BCUT2D eigenvalue weighted by atomic mass is 16.2. The molecule has 0 saturated carbocycles. The lowest BCUT2D eigenvalue weighted by Crippen LogP contribution is -2.42. The van der Waals surface area contributed by atoms with Crippen molar-refractivity contribution in [1.82, 2.24) is 24.3 Å². The molecule has 4 rings (SSSR count). The number of pyridine rings is 1. The van der Waals surface area contributed by atoms with Crippen LogP contribution in [0.5, 0.6) is 0 Å². The molecule has 1 amide bonds. The average molecular weight is 492 g/mol. The smallest absolute Gasteiger partial charge is 0.328 e. The fourth-order valence-electron chi connectivity index (χ4n) is 5.45. The fraction of sp³-hybridized carbons (Fsp3) is 0.552. The van der Waals surface area contributed by atoms with E-state index in [1.165, 1.54) is 24.0 Å². The second-order valence-corrected chi connectivity index (χ2v) is 11.6. The van der Waals surface area contributed by atoms with E-state index >= 15 is 0 Å². The topological polar surface area (TPSA) is 72.2 Å². The van der Waals surface area contributed by atoms with Crippen molar-refractivity contribution in [3.8, 4) is 0 Å². The third kappa shape index (κ3) is 5.89. The Labute approximate surface area is 214 Å². The number of rotatable bonds is 7. The first-order chi connectivity index (χ1) is 17.0. The molecule has 0 spiro atoms. The van der Waals surface area contributed by atoms with Gasteiger partial charge < -0.3 is 5.32 Å². The molecule has 2 atom stereocenters. The quantitative estimate of drug-likeness (QED) is 0.524. The molecule has 0 aliphatic carbocycles. The number of amides is 1. The maximum absolute atomic E-state index is 12.9. The third-order valence-electron chi connectivity index (χ3n) is 7.43. The molecule has 1 aliphatic rings. The van der Waals surface area contributed by atoms with Crippen LogP contribution in [-0.4, -0.2) is 37.5 Å². The number of nitrogens with zero attached hydrogens (tertiary/aromatic N) is 4. The summed E-state index contributed by atoms with van der Waals surface area (Å²) in [5.41, 5.74) is 5.25. The lowest BCUT2D eigenvalue weighted by molar-refractivity contribution is -0.123. The predicted molar refractivity (Wildman–Crippen MR) is 145 cm³/mol. The summed E-state index contributed by atoms with van der Waals surface area (Å²) in [4.78, 5) is 32.5. The molecule has 7 heteroatoms. The van der Waals surface area contributed by atoms with Gasteiger partial charge in [0.15, 0.2) is 0 Å². The number of hydrogen-bond acceptors (Lipinski definition) is 4. The molecule has 0 bridgehead atoms. The van der Waals surface area contributed by atoms with Gasteiger partial charge in [-0.1, -0.05) is 33.3 Å². The van der Waals surface area contributed by atoms with Gasteiger partial charge in [0.1, 0.15) is 0 Å². The van der Waals surface area contributed by atoms with Gasteiger partial charge in [-0.2, -0.15) is 0 Å². The van der Waals surface area contributed by atoms with Crippen LogP contribution in [0.25, 0.3) is 11.0 Å². The monoisotopic (exact) mass is 491 g/mol. The third-order valence-corrected chi connectivity index (χ3v) is 7.43. The van der Waals surface area contributed by atoms with Crippen molar-refractivity contribution in [2.75, 3.05) is 6.54 Å². The molecule has 3 heterocycles. The first-order valence-electron chi connectivity index (χ1n) is 13.1. The number of aromatic nitrogens is 3. The van der Waals surface area contributed by atoms with Crippen molar-refractivity contribution in [3.63, 3.8) is 0 Å². The molecule has 0 unspecified atom stereocenters. The van der Waals surface area contributed by atoms with Crippen molar-refractivity contribution < 1.29 is 4.79 Å². The number of carbonyl (C=O) groups is 1. The Bertz CT molecular complexity index is 1270. The van der Waals surface area contributed by atoms with Crippen LogP contribution in [0.15, 0.2) is 41.3 Å². The van der Waals surface area contributed by atoms with E-state index in [0.29, 0.717) is 12.5 Å². The highest BCUT2D eigenvalue weighted by Gasteiger charge is 2.29. The van der Waals surface area contributed by atoms with Gasteiger partial charge in [0.05, 0.1) is 22.8 Å². The molecule has 1 saturated heterocycles. The van der Waals surface area contributed by atoms with Gasteiger partial charge in [0.25, 0.3) is 0 Å². The lowest BCUT2D eigenvalue weighted by Gasteiger charge is -2.38. The average Bonchev–Trinajstić information content (AvgIpc) is 3.03. The van der Waals surface area contributed by atoms with Gasteiger partial charge in [-0.25, -0.2) is 4.79 Å². The summed E-state index contributed by atoms with van der Waals surface area (Å²) in [6.45, 7) is 10.3. The van der Waals surface area contributed by atoms with Crippen molar-refractivity contribution in [3.05, 3.63) is 63.8 Å². The molecule has 1 fully saturated rings. The molecular weight excluding hydrogens is 450 g/mol. The van der Waals surface area contributed by atoms with E-state index in [4.69, 9.17) is 0 Å². The Morgan fingerprint density at radius 1 is 1.14 bits per heavy atom. The highest BCUT2D eigenvalue weighted by molar-refractivity contribution is 5.78. The molecule has 1 aromatic carbocycles. The molecule has 194 valence electrons. The number of piperidine rings is 1. The number of aryl methyl sites for hydroxylation is 3. The van der Waals surface area contributed by atoms with Gasteiger partial charge in [-0.15, -0.1) is 0 Å². The van der Waals surface area contributed by atoms with Gasteiger partial charge >= 0.3 is 5.69 Å². The minimum atomic E-state index is -0.120. The van der Waals surface area contributed by atoms with E-state index in [1.807, 2.05) is 32.3 Å². The maximum atomic E-state index is 12.9. The zero-order valence-corrected chi connectivity index (χ0v) is 22.7. The zero-order valence-electron chi connectivity index (χ0n) is 22.7.